The van der Waals surface area contributed by atoms with Gasteiger partial charge in [0.2, 0.25) is 5.79 Å². The molecule has 0 aromatic rings. The van der Waals surface area contributed by atoms with Crippen molar-refractivity contribution in [3.63, 3.8) is 0 Å². The molecule has 10 atom stereocenters. The van der Waals surface area contributed by atoms with Gasteiger partial charge in [-0.15, -0.1) is 0 Å². The van der Waals surface area contributed by atoms with Crippen LogP contribution in [0.1, 0.15) is 46.0 Å². The number of methoxy groups -OCH3 is 1. The average Bonchev–Trinajstić information content (AvgIpc) is 2.72. The summed E-state index contributed by atoms with van der Waals surface area (Å²) in [5.74, 6) is -2.79. The molecule has 6 nitrogen and oxygen atoms in total. The second-order valence-corrected chi connectivity index (χ2v) is 10.4. The van der Waals surface area contributed by atoms with E-state index in [4.69, 9.17) is 9.47 Å². The van der Waals surface area contributed by atoms with Crippen LogP contribution in [0, 0.1) is 34.0 Å². The van der Waals surface area contributed by atoms with Crippen LogP contribution in [0.4, 0.5) is 0 Å². The molecule has 0 aromatic heterocycles. The van der Waals surface area contributed by atoms with Crippen LogP contribution in [0.3, 0.4) is 0 Å². The molecule has 2 spiro atoms. The van der Waals surface area contributed by atoms with Gasteiger partial charge >= 0.3 is 0 Å². The highest BCUT2D eigenvalue weighted by atomic mass is 16.7. The molecule has 2 saturated heterocycles. The van der Waals surface area contributed by atoms with E-state index >= 15 is 0 Å². The van der Waals surface area contributed by atoms with Crippen molar-refractivity contribution in [2.75, 3.05) is 7.11 Å². The minimum absolute atomic E-state index is 0.206. The molecule has 2 aliphatic heterocycles. The van der Waals surface area contributed by atoms with Crippen LogP contribution >= 0.6 is 0 Å². The largest absolute Gasteiger partial charge is 0.392 e. The lowest BCUT2D eigenvalue weighted by Crippen LogP contribution is -2.86. The number of hydrogen-bond donors (Lipinski definition) is 4. The van der Waals surface area contributed by atoms with E-state index in [1.165, 1.54) is 0 Å². The topological polar surface area (TPSA) is 99.4 Å². The first-order valence-corrected chi connectivity index (χ1v) is 10.3. The highest BCUT2D eigenvalue weighted by Gasteiger charge is 2.87. The maximum Gasteiger partial charge on any atom is 0.206 e. The van der Waals surface area contributed by atoms with Crippen molar-refractivity contribution in [1.82, 2.24) is 0 Å². The highest BCUT2D eigenvalue weighted by molar-refractivity contribution is 5.37. The Bertz CT molecular complexity index is 692. The van der Waals surface area contributed by atoms with Crippen LogP contribution in [0.2, 0.25) is 0 Å². The summed E-state index contributed by atoms with van der Waals surface area (Å²) >= 11 is 0. The summed E-state index contributed by atoms with van der Waals surface area (Å²) in [6, 6.07) is 0. The standard InChI is InChI=1S/C21H32O6/c1-10-11-6-7-12-19-9-5-8-18(2,3)13(19)16(24)21(25,27-17(19)26-4)20(12,14(10)22)15(11)23/h11-17,22-25H,1,5-9H2,2-4H3/t11-,12-,13+,14+,15+,16-,17-,19+,20-,21+/m1/s1. The Morgan fingerprint density at radius 2 is 1.81 bits per heavy atom. The maximum atomic E-state index is 11.9. The van der Waals surface area contributed by atoms with Crippen molar-refractivity contribution in [3.8, 4) is 0 Å². The molecule has 6 heteroatoms. The van der Waals surface area contributed by atoms with E-state index < -0.39 is 41.2 Å². The van der Waals surface area contributed by atoms with Crippen molar-refractivity contribution < 1.29 is 29.9 Å². The second kappa shape index (κ2) is 5.15. The fourth-order valence-corrected chi connectivity index (χ4v) is 8.53. The van der Waals surface area contributed by atoms with Crippen molar-refractivity contribution in [2.45, 2.75) is 76.3 Å². The molecule has 4 aliphatic carbocycles. The number of fused-ring (bicyclic) bond motifs is 2. The van der Waals surface area contributed by atoms with Crippen molar-refractivity contribution >= 4 is 0 Å². The number of aliphatic hydroxyl groups excluding tert-OH is 3. The average molecular weight is 380 g/mol. The smallest absolute Gasteiger partial charge is 0.206 e. The zero-order valence-electron chi connectivity index (χ0n) is 16.4. The van der Waals surface area contributed by atoms with Crippen molar-refractivity contribution in [3.05, 3.63) is 12.2 Å². The van der Waals surface area contributed by atoms with Gasteiger partial charge in [-0.25, -0.2) is 0 Å². The van der Waals surface area contributed by atoms with Crippen LogP contribution in [-0.4, -0.2) is 57.9 Å². The van der Waals surface area contributed by atoms with Gasteiger partial charge in [-0.2, -0.15) is 0 Å². The predicted molar refractivity (Wildman–Crippen MR) is 96.2 cm³/mol. The molecule has 6 aliphatic rings. The van der Waals surface area contributed by atoms with Gasteiger partial charge in [0.25, 0.3) is 0 Å². The number of rotatable bonds is 1. The summed E-state index contributed by atoms with van der Waals surface area (Å²) in [4.78, 5) is 0. The Labute approximate surface area is 160 Å². The predicted octanol–water partition coefficient (Wildman–Crippen LogP) is 1.17. The molecule has 0 aromatic carbocycles. The van der Waals surface area contributed by atoms with Gasteiger partial charge in [-0.1, -0.05) is 26.8 Å². The quantitative estimate of drug-likeness (QED) is 0.510. The van der Waals surface area contributed by atoms with Crippen molar-refractivity contribution in [1.29, 1.82) is 0 Å². The van der Waals surface area contributed by atoms with E-state index in [0.29, 0.717) is 5.57 Å². The molecule has 152 valence electrons. The Kier molecular flexibility index (Phi) is 3.54. The Morgan fingerprint density at radius 3 is 2.48 bits per heavy atom. The van der Waals surface area contributed by atoms with Gasteiger partial charge in [0.15, 0.2) is 6.29 Å². The lowest BCUT2D eigenvalue weighted by atomic mass is 9.35. The Morgan fingerprint density at radius 1 is 1.11 bits per heavy atom. The molecular formula is C21H32O6. The summed E-state index contributed by atoms with van der Waals surface area (Å²) in [6.45, 7) is 8.31. The number of hydrogen-bond acceptors (Lipinski definition) is 6. The molecule has 27 heavy (non-hydrogen) atoms. The van der Waals surface area contributed by atoms with Crippen LogP contribution in [0.5, 0.6) is 0 Å². The fraction of sp³-hybridized carbons (Fsp3) is 0.905. The first-order chi connectivity index (χ1) is 12.6. The van der Waals surface area contributed by atoms with Gasteiger partial charge < -0.3 is 29.9 Å². The van der Waals surface area contributed by atoms with Crippen LogP contribution in [-0.2, 0) is 9.47 Å². The normalized spacial score (nSPS) is 60.9. The lowest BCUT2D eigenvalue weighted by Gasteiger charge is -2.76. The van der Waals surface area contributed by atoms with E-state index in [-0.39, 0.29) is 23.2 Å². The van der Waals surface area contributed by atoms with E-state index in [2.05, 4.69) is 20.4 Å². The molecule has 4 N–H and O–H groups in total. The molecular weight excluding hydrogens is 348 g/mol. The van der Waals surface area contributed by atoms with Crippen LogP contribution in [0.15, 0.2) is 12.2 Å². The first kappa shape index (κ1) is 18.5. The van der Waals surface area contributed by atoms with Gasteiger partial charge in [-0.3, -0.25) is 0 Å². The minimum atomic E-state index is -2.07. The van der Waals surface area contributed by atoms with Gasteiger partial charge in [0.1, 0.15) is 6.10 Å². The van der Waals surface area contributed by atoms with Gasteiger partial charge in [0, 0.05) is 24.4 Å². The third-order valence-electron chi connectivity index (χ3n) is 9.27. The number of aliphatic hydroxyl groups is 4. The molecule has 0 radical (unpaired) electrons. The second-order valence-electron chi connectivity index (χ2n) is 10.4. The molecule has 0 amide bonds. The Balaban J connectivity index is 1.81. The molecule has 4 bridgehead atoms. The minimum Gasteiger partial charge on any atom is -0.392 e. The molecule has 2 heterocycles. The lowest BCUT2D eigenvalue weighted by molar-refractivity contribution is -0.516. The summed E-state index contributed by atoms with van der Waals surface area (Å²) in [5, 5.41) is 45.9. The summed E-state index contributed by atoms with van der Waals surface area (Å²) < 4.78 is 11.9. The summed E-state index contributed by atoms with van der Waals surface area (Å²) in [6.07, 6.45) is 0.202. The maximum absolute atomic E-state index is 11.9. The molecule has 6 fully saturated rings. The van der Waals surface area contributed by atoms with E-state index in [0.717, 1.165) is 32.1 Å². The fourth-order valence-electron chi connectivity index (χ4n) is 8.53. The molecule has 0 unspecified atom stereocenters. The number of ether oxygens (including phenoxy) is 2. The third kappa shape index (κ3) is 1.65. The van der Waals surface area contributed by atoms with Gasteiger partial charge in [-0.05, 0) is 42.6 Å². The van der Waals surface area contributed by atoms with Crippen molar-refractivity contribution in [2.24, 2.45) is 34.0 Å². The summed E-state index contributed by atoms with van der Waals surface area (Å²) in [7, 11) is 1.58. The van der Waals surface area contributed by atoms with Gasteiger partial charge in [0.05, 0.1) is 17.6 Å². The van der Waals surface area contributed by atoms with E-state index in [9.17, 15) is 20.4 Å². The van der Waals surface area contributed by atoms with Crippen LogP contribution in [0.25, 0.3) is 0 Å². The zero-order valence-corrected chi connectivity index (χ0v) is 16.4. The van der Waals surface area contributed by atoms with E-state index in [1.54, 1.807) is 7.11 Å². The zero-order chi connectivity index (χ0) is 19.6. The third-order valence-corrected chi connectivity index (χ3v) is 9.27. The first-order valence-electron chi connectivity index (χ1n) is 10.3. The summed E-state index contributed by atoms with van der Waals surface area (Å²) in [5.41, 5.74) is -1.57. The molecule has 6 rings (SSSR count). The van der Waals surface area contributed by atoms with E-state index in [1.807, 2.05) is 0 Å². The monoisotopic (exact) mass is 380 g/mol. The Hall–Kier alpha value is -0.500. The van der Waals surface area contributed by atoms with Crippen LogP contribution < -0.4 is 0 Å². The molecule has 4 saturated carbocycles. The SMILES string of the molecule is C=C1[C@H]2CC[C@@H]3[C@@]45CCCC(C)(C)[C@@H]4[C@@H](O)[C@](O)(O[C@H]5OC)[C@]3([C@H]1O)[C@H]2O. The highest BCUT2D eigenvalue weighted by Crippen LogP contribution is 2.78.